The van der Waals surface area contributed by atoms with Crippen LogP contribution in [0.2, 0.25) is 5.02 Å². The van der Waals surface area contributed by atoms with E-state index >= 15 is 0 Å². The molecule has 0 heterocycles. The standard InChI is InChI=1S/C15H15ClN2O4S/c1-17-23(20,21)14-9-10(7-8-13(14)22-2)15(19)18-12-6-4-3-5-11(12)16/h3-9,17H,1-2H3,(H,18,19). The highest BCUT2D eigenvalue weighted by atomic mass is 35.5. The van der Waals surface area contributed by atoms with Crippen LogP contribution in [0.4, 0.5) is 5.69 Å². The van der Waals surface area contributed by atoms with Crippen LogP contribution in [0.3, 0.4) is 0 Å². The Labute approximate surface area is 139 Å². The van der Waals surface area contributed by atoms with Crippen molar-refractivity contribution in [2.45, 2.75) is 4.90 Å². The number of benzene rings is 2. The topological polar surface area (TPSA) is 84.5 Å². The van der Waals surface area contributed by atoms with Crippen LogP contribution in [0.5, 0.6) is 5.75 Å². The average molecular weight is 355 g/mol. The molecule has 0 saturated heterocycles. The van der Waals surface area contributed by atoms with Gasteiger partial charge in [-0.05, 0) is 37.4 Å². The highest BCUT2D eigenvalue weighted by molar-refractivity contribution is 7.89. The van der Waals surface area contributed by atoms with E-state index in [0.717, 1.165) is 0 Å². The van der Waals surface area contributed by atoms with Crippen molar-refractivity contribution in [3.8, 4) is 5.75 Å². The van der Waals surface area contributed by atoms with Gasteiger partial charge in [-0.1, -0.05) is 23.7 Å². The van der Waals surface area contributed by atoms with Crippen LogP contribution in [0.1, 0.15) is 10.4 Å². The summed E-state index contributed by atoms with van der Waals surface area (Å²) in [7, 11) is -1.12. The molecule has 0 saturated carbocycles. The second kappa shape index (κ2) is 6.99. The van der Waals surface area contributed by atoms with E-state index in [2.05, 4.69) is 10.0 Å². The van der Waals surface area contributed by atoms with Gasteiger partial charge < -0.3 is 10.1 Å². The molecule has 0 unspecified atom stereocenters. The molecule has 0 radical (unpaired) electrons. The summed E-state index contributed by atoms with van der Waals surface area (Å²) in [5, 5.41) is 3.02. The number of carbonyl (C=O) groups is 1. The zero-order valence-corrected chi connectivity index (χ0v) is 14.0. The monoisotopic (exact) mass is 354 g/mol. The van der Waals surface area contributed by atoms with Crippen molar-refractivity contribution < 1.29 is 17.9 Å². The number of hydrogen-bond donors (Lipinski definition) is 2. The number of amides is 1. The third-order valence-corrected chi connectivity index (χ3v) is 4.87. The minimum atomic E-state index is -3.76. The Morgan fingerprint density at radius 2 is 1.87 bits per heavy atom. The van der Waals surface area contributed by atoms with Crippen molar-refractivity contribution in [2.24, 2.45) is 0 Å². The summed E-state index contributed by atoms with van der Waals surface area (Å²) in [5.41, 5.74) is 0.604. The maximum absolute atomic E-state index is 12.3. The molecule has 2 N–H and O–H groups in total. The minimum absolute atomic E-state index is 0.116. The maximum atomic E-state index is 12.3. The van der Waals surface area contributed by atoms with Gasteiger partial charge in [0, 0.05) is 5.56 Å². The van der Waals surface area contributed by atoms with Gasteiger partial charge in [-0.3, -0.25) is 4.79 Å². The van der Waals surface area contributed by atoms with E-state index in [-0.39, 0.29) is 16.2 Å². The number of carbonyl (C=O) groups excluding carboxylic acids is 1. The van der Waals surface area contributed by atoms with Crippen LogP contribution in [-0.2, 0) is 10.0 Å². The number of para-hydroxylation sites is 1. The summed E-state index contributed by atoms with van der Waals surface area (Å²) < 4.78 is 31.3. The number of anilines is 1. The lowest BCUT2D eigenvalue weighted by Crippen LogP contribution is -2.20. The fourth-order valence-corrected chi connectivity index (χ4v) is 3.00. The number of nitrogens with one attached hydrogen (secondary N) is 2. The zero-order chi connectivity index (χ0) is 17.0. The van der Waals surface area contributed by atoms with Crippen molar-refractivity contribution in [1.29, 1.82) is 0 Å². The van der Waals surface area contributed by atoms with Crippen LogP contribution in [0.15, 0.2) is 47.4 Å². The number of ether oxygens (including phenoxy) is 1. The molecule has 0 aliphatic carbocycles. The van der Waals surface area contributed by atoms with Gasteiger partial charge in [0.25, 0.3) is 5.91 Å². The van der Waals surface area contributed by atoms with E-state index in [1.807, 2.05) is 0 Å². The van der Waals surface area contributed by atoms with E-state index in [1.165, 1.54) is 32.4 Å². The normalized spacial score (nSPS) is 11.1. The Morgan fingerprint density at radius 3 is 2.48 bits per heavy atom. The largest absolute Gasteiger partial charge is 0.495 e. The summed E-state index contributed by atoms with van der Waals surface area (Å²) in [6.07, 6.45) is 0. The van der Waals surface area contributed by atoms with E-state index in [9.17, 15) is 13.2 Å². The molecule has 1 amide bonds. The molecule has 2 rings (SSSR count). The average Bonchev–Trinajstić information content (AvgIpc) is 2.56. The second-order valence-corrected chi connectivity index (χ2v) is 6.77. The van der Waals surface area contributed by atoms with Gasteiger partial charge in [-0.2, -0.15) is 0 Å². The molecule has 23 heavy (non-hydrogen) atoms. The molecule has 0 fully saturated rings. The van der Waals surface area contributed by atoms with Crippen LogP contribution in [0.25, 0.3) is 0 Å². The molecule has 8 heteroatoms. The van der Waals surface area contributed by atoms with Crippen LogP contribution >= 0.6 is 11.6 Å². The molecular weight excluding hydrogens is 340 g/mol. The molecule has 0 aliphatic rings. The summed E-state index contributed by atoms with van der Waals surface area (Å²) in [5.74, 6) is -0.332. The first-order chi connectivity index (χ1) is 10.9. The third-order valence-electron chi connectivity index (χ3n) is 3.11. The summed E-state index contributed by atoms with van der Waals surface area (Å²) in [6.45, 7) is 0. The molecule has 0 spiro atoms. The Hall–Kier alpha value is -2.09. The van der Waals surface area contributed by atoms with Crippen molar-refractivity contribution in [3.05, 3.63) is 53.1 Å². The van der Waals surface area contributed by atoms with Crippen molar-refractivity contribution in [3.63, 3.8) is 0 Å². The van der Waals surface area contributed by atoms with Crippen LogP contribution in [-0.4, -0.2) is 28.5 Å². The van der Waals surface area contributed by atoms with Gasteiger partial charge in [0.1, 0.15) is 10.6 Å². The van der Waals surface area contributed by atoms with E-state index in [0.29, 0.717) is 10.7 Å². The molecular formula is C15H15ClN2O4S. The molecule has 122 valence electrons. The van der Waals surface area contributed by atoms with Crippen LogP contribution < -0.4 is 14.8 Å². The quantitative estimate of drug-likeness (QED) is 0.864. The van der Waals surface area contributed by atoms with Crippen molar-refractivity contribution in [2.75, 3.05) is 19.5 Å². The first-order valence-corrected chi connectivity index (χ1v) is 8.42. The molecule has 0 bridgehead atoms. The van der Waals surface area contributed by atoms with Gasteiger partial charge in [0.2, 0.25) is 10.0 Å². The number of rotatable bonds is 5. The number of sulfonamides is 1. The van der Waals surface area contributed by atoms with E-state index < -0.39 is 15.9 Å². The predicted molar refractivity (Wildman–Crippen MR) is 88.6 cm³/mol. The van der Waals surface area contributed by atoms with E-state index in [4.69, 9.17) is 16.3 Å². The molecule has 0 aliphatic heterocycles. The second-order valence-electron chi connectivity index (χ2n) is 4.51. The Balaban J connectivity index is 2.39. The Morgan fingerprint density at radius 1 is 1.17 bits per heavy atom. The molecule has 2 aromatic carbocycles. The number of halogens is 1. The van der Waals surface area contributed by atoms with Crippen LogP contribution in [0, 0.1) is 0 Å². The molecule has 2 aromatic rings. The molecule has 0 atom stereocenters. The van der Waals surface area contributed by atoms with Crippen molar-refractivity contribution in [1.82, 2.24) is 4.72 Å². The molecule has 0 aromatic heterocycles. The lowest BCUT2D eigenvalue weighted by molar-refractivity contribution is 0.102. The summed E-state index contributed by atoms with van der Waals surface area (Å²) in [6, 6.07) is 10.9. The summed E-state index contributed by atoms with van der Waals surface area (Å²) >= 11 is 5.99. The van der Waals surface area contributed by atoms with Gasteiger partial charge in [-0.25, -0.2) is 13.1 Å². The fraction of sp³-hybridized carbons (Fsp3) is 0.133. The van der Waals surface area contributed by atoms with E-state index in [1.54, 1.807) is 24.3 Å². The lowest BCUT2D eigenvalue weighted by Gasteiger charge is -2.11. The third kappa shape index (κ3) is 3.82. The number of methoxy groups -OCH3 is 1. The maximum Gasteiger partial charge on any atom is 0.255 e. The predicted octanol–water partition coefficient (Wildman–Crippen LogP) is 2.51. The fourth-order valence-electron chi connectivity index (χ4n) is 1.89. The van der Waals surface area contributed by atoms with Gasteiger partial charge in [0.05, 0.1) is 17.8 Å². The SMILES string of the molecule is CNS(=O)(=O)c1cc(C(=O)Nc2ccccc2Cl)ccc1OC. The highest BCUT2D eigenvalue weighted by Gasteiger charge is 2.20. The first kappa shape index (κ1) is 17.3. The minimum Gasteiger partial charge on any atom is -0.495 e. The van der Waals surface area contributed by atoms with Gasteiger partial charge >= 0.3 is 0 Å². The first-order valence-electron chi connectivity index (χ1n) is 6.56. The highest BCUT2D eigenvalue weighted by Crippen LogP contribution is 2.26. The Kier molecular flexibility index (Phi) is 5.25. The lowest BCUT2D eigenvalue weighted by atomic mass is 10.2. The smallest absolute Gasteiger partial charge is 0.255 e. The van der Waals surface area contributed by atoms with Gasteiger partial charge in [0.15, 0.2) is 0 Å². The Bertz CT molecular complexity index is 837. The van der Waals surface area contributed by atoms with Gasteiger partial charge in [-0.15, -0.1) is 0 Å². The summed E-state index contributed by atoms with van der Waals surface area (Å²) in [4.78, 5) is 12.2. The number of hydrogen-bond acceptors (Lipinski definition) is 4. The molecule has 6 nitrogen and oxygen atoms in total. The zero-order valence-electron chi connectivity index (χ0n) is 12.5. The van der Waals surface area contributed by atoms with Crippen molar-refractivity contribution >= 4 is 33.2 Å².